The average molecular weight is 411 g/mol. The number of hydrogen-bond acceptors (Lipinski definition) is 5. The third kappa shape index (κ3) is 5.35. The van der Waals surface area contributed by atoms with Gasteiger partial charge in [-0.05, 0) is 49.4 Å². The summed E-state index contributed by atoms with van der Waals surface area (Å²) in [5.74, 6) is 3.37. The Labute approximate surface area is 178 Å². The number of anilines is 3. The summed E-state index contributed by atoms with van der Waals surface area (Å²) in [6, 6.07) is 12.4. The van der Waals surface area contributed by atoms with Crippen LogP contribution in [-0.4, -0.2) is 41.3 Å². The maximum Gasteiger partial charge on any atom is 0.232 e. The molecule has 154 valence electrons. The largest absolute Gasteiger partial charge is 0.358 e. The summed E-state index contributed by atoms with van der Waals surface area (Å²) in [6.07, 6.45) is 4.87. The van der Waals surface area contributed by atoms with E-state index in [4.69, 9.17) is 22.2 Å². The molecule has 7 heteroatoms. The van der Waals surface area contributed by atoms with Crippen molar-refractivity contribution < 1.29 is 0 Å². The van der Waals surface area contributed by atoms with Gasteiger partial charge in [0.1, 0.15) is 11.6 Å². The van der Waals surface area contributed by atoms with E-state index in [9.17, 15) is 0 Å². The molecule has 2 aliphatic rings. The molecule has 4 rings (SSSR count). The maximum atomic E-state index is 5.50. The zero-order valence-electron chi connectivity index (χ0n) is 17.1. The highest BCUT2D eigenvalue weighted by molar-refractivity contribution is 7.80. The quantitative estimate of drug-likeness (QED) is 0.727. The van der Waals surface area contributed by atoms with Gasteiger partial charge >= 0.3 is 0 Å². The van der Waals surface area contributed by atoms with E-state index in [1.807, 2.05) is 18.2 Å². The van der Waals surface area contributed by atoms with Gasteiger partial charge in [-0.25, -0.2) is 0 Å². The number of rotatable bonds is 5. The minimum Gasteiger partial charge on any atom is -0.358 e. The zero-order valence-corrected chi connectivity index (χ0v) is 17.9. The van der Waals surface area contributed by atoms with Crippen molar-refractivity contribution in [2.24, 2.45) is 5.92 Å². The van der Waals surface area contributed by atoms with Gasteiger partial charge in [-0.1, -0.05) is 37.3 Å². The van der Waals surface area contributed by atoms with Gasteiger partial charge in [0.25, 0.3) is 0 Å². The first-order valence-electron chi connectivity index (χ1n) is 10.6. The number of nitrogens with zero attached hydrogens (tertiary/aromatic N) is 4. The van der Waals surface area contributed by atoms with Crippen molar-refractivity contribution in [3.63, 3.8) is 0 Å². The van der Waals surface area contributed by atoms with Crippen LogP contribution < -0.4 is 20.4 Å². The lowest BCUT2D eigenvalue weighted by atomic mass is 9.99. The molecule has 0 spiro atoms. The van der Waals surface area contributed by atoms with Gasteiger partial charge in [-0.15, -0.1) is 0 Å². The summed E-state index contributed by atoms with van der Waals surface area (Å²) in [6.45, 7) is 7.22. The van der Waals surface area contributed by atoms with Crippen LogP contribution in [0.3, 0.4) is 0 Å². The van der Waals surface area contributed by atoms with E-state index in [1.54, 1.807) is 0 Å². The number of hydrogen-bond donors (Lipinski definition) is 2. The standard InChI is InChI=1S/C22H30N6S/c1-17-9-13-28(14-10-17)20-15-19(27-11-5-6-12-27)24-21(25-20)26-22(29)23-16-18-7-3-2-4-8-18/h2-4,7-8,15,17H,5-6,9-14,16H2,1H3,(H2,23,24,25,26,29). The SMILES string of the molecule is CC1CCN(c2cc(N3CCCC3)nc(NC(=S)NCc3ccccc3)n2)CC1. The second-order valence-corrected chi connectivity index (χ2v) is 8.47. The first kappa shape index (κ1) is 19.9. The summed E-state index contributed by atoms with van der Waals surface area (Å²) in [5, 5.41) is 7.01. The fourth-order valence-corrected chi connectivity index (χ4v) is 4.07. The van der Waals surface area contributed by atoms with Crippen LogP contribution >= 0.6 is 12.2 Å². The predicted molar refractivity (Wildman–Crippen MR) is 124 cm³/mol. The lowest BCUT2D eigenvalue weighted by molar-refractivity contribution is 0.436. The van der Waals surface area contributed by atoms with E-state index >= 15 is 0 Å². The van der Waals surface area contributed by atoms with Crippen molar-refractivity contribution in [2.75, 3.05) is 41.3 Å². The Morgan fingerprint density at radius 1 is 1.00 bits per heavy atom. The normalized spacial score (nSPS) is 17.4. The van der Waals surface area contributed by atoms with E-state index in [0.29, 0.717) is 17.6 Å². The fraction of sp³-hybridized carbons (Fsp3) is 0.500. The molecule has 2 fully saturated rings. The third-order valence-electron chi connectivity index (χ3n) is 5.76. The van der Waals surface area contributed by atoms with Crippen molar-refractivity contribution >= 4 is 34.9 Å². The van der Waals surface area contributed by atoms with E-state index in [0.717, 1.165) is 43.7 Å². The second kappa shape index (κ2) is 9.39. The van der Waals surface area contributed by atoms with E-state index in [2.05, 4.69) is 45.6 Å². The highest BCUT2D eigenvalue weighted by Crippen LogP contribution is 2.27. The van der Waals surface area contributed by atoms with Crippen LogP contribution in [0.15, 0.2) is 36.4 Å². The first-order valence-corrected chi connectivity index (χ1v) is 11.1. The first-order chi connectivity index (χ1) is 14.2. The van der Waals surface area contributed by atoms with Crippen molar-refractivity contribution in [1.29, 1.82) is 0 Å². The Morgan fingerprint density at radius 3 is 2.28 bits per heavy atom. The van der Waals surface area contributed by atoms with Gasteiger partial charge in [0, 0.05) is 38.8 Å². The van der Waals surface area contributed by atoms with Crippen molar-refractivity contribution in [2.45, 2.75) is 39.2 Å². The van der Waals surface area contributed by atoms with Gasteiger partial charge in [0.2, 0.25) is 5.95 Å². The van der Waals surface area contributed by atoms with Crippen molar-refractivity contribution in [3.05, 3.63) is 42.0 Å². The summed E-state index contributed by atoms with van der Waals surface area (Å²) in [7, 11) is 0. The molecular weight excluding hydrogens is 380 g/mol. The van der Waals surface area contributed by atoms with Gasteiger partial charge in [0.15, 0.2) is 5.11 Å². The molecule has 1 aromatic carbocycles. The third-order valence-corrected chi connectivity index (χ3v) is 6.00. The highest BCUT2D eigenvalue weighted by Gasteiger charge is 2.21. The average Bonchev–Trinajstić information content (AvgIpc) is 3.28. The molecule has 2 aromatic rings. The van der Waals surface area contributed by atoms with E-state index in [1.165, 1.54) is 31.2 Å². The van der Waals surface area contributed by atoms with Gasteiger partial charge in [-0.2, -0.15) is 9.97 Å². The summed E-state index contributed by atoms with van der Waals surface area (Å²) >= 11 is 5.50. The van der Waals surface area contributed by atoms with Crippen LogP contribution in [0, 0.1) is 5.92 Å². The van der Waals surface area contributed by atoms with Crippen LogP contribution in [-0.2, 0) is 6.54 Å². The Hall–Kier alpha value is -2.41. The fourth-order valence-electron chi connectivity index (χ4n) is 3.91. The number of piperidine rings is 1. The Kier molecular flexibility index (Phi) is 6.44. The second-order valence-electron chi connectivity index (χ2n) is 8.06. The smallest absolute Gasteiger partial charge is 0.232 e. The minimum absolute atomic E-state index is 0.547. The van der Waals surface area contributed by atoms with Crippen LogP contribution in [0.2, 0.25) is 0 Å². The topological polar surface area (TPSA) is 56.3 Å². The molecule has 1 aromatic heterocycles. The minimum atomic E-state index is 0.547. The molecule has 0 radical (unpaired) electrons. The molecule has 0 bridgehead atoms. The monoisotopic (exact) mass is 410 g/mol. The molecule has 2 N–H and O–H groups in total. The summed E-state index contributed by atoms with van der Waals surface area (Å²) in [5.41, 5.74) is 1.19. The molecule has 0 saturated carbocycles. The summed E-state index contributed by atoms with van der Waals surface area (Å²) < 4.78 is 0. The van der Waals surface area contributed by atoms with E-state index in [-0.39, 0.29) is 0 Å². The lowest BCUT2D eigenvalue weighted by Crippen LogP contribution is -2.34. The van der Waals surface area contributed by atoms with Crippen LogP contribution in [0.25, 0.3) is 0 Å². The molecule has 0 amide bonds. The molecule has 0 unspecified atom stereocenters. The molecule has 0 atom stereocenters. The molecule has 3 heterocycles. The van der Waals surface area contributed by atoms with Crippen LogP contribution in [0.4, 0.5) is 17.6 Å². The number of aromatic nitrogens is 2. The predicted octanol–water partition coefficient (Wildman–Crippen LogP) is 3.80. The number of nitrogens with one attached hydrogen (secondary N) is 2. The lowest BCUT2D eigenvalue weighted by Gasteiger charge is -2.32. The number of benzene rings is 1. The molecule has 0 aliphatic carbocycles. The number of thiocarbonyl (C=S) groups is 1. The molecule has 29 heavy (non-hydrogen) atoms. The molecule has 2 aliphatic heterocycles. The highest BCUT2D eigenvalue weighted by atomic mass is 32.1. The Bertz CT molecular complexity index is 813. The zero-order chi connectivity index (χ0) is 20.1. The molecule has 2 saturated heterocycles. The van der Waals surface area contributed by atoms with Crippen molar-refractivity contribution in [3.8, 4) is 0 Å². The summed E-state index contributed by atoms with van der Waals surface area (Å²) in [4.78, 5) is 14.3. The van der Waals surface area contributed by atoms with E-state index < -0.39 is 0 Å². The molecular formula is C22H30N6S. The van der Waals surface area contributed by atoms with Gasteiger partial charge < -0.3 is 20.4 Å². The Balaban J connectivity index is 1.47. The molecule has 6 nitrogen and oxygen atoms in total. The Morgan fingerprint density at radius 2 is 1.62 bits per heavy atom. The van der Waals surface area contributed by atoms with Crippen molar-refractivity contribution in [1.82, 2.24) is 15.3 Å². The van der Waals surface area contributed by atoms with Gasteiger partial charge in [0.05, 0.1) is 0 Å². The van der Waals surface area contributed by atoms with Gasteiger partial charge in [-0.3, -0.25) is 0 Å². The van der Waals surface area contributed by atoms with Crippen LogP contribution in [0.1, 0.15) is 38.2 Å². The van der Waals surface area contributed by atoms with Crippen LogP contribution in [0.5, 0.6) is 0 Å². The maximum absolute atomic E-state index is 5.50.